The van der Waals surface area contributed by atoms with Gasteiger partial charge in [-0.25, -0.2) is 8.42 Å². The average molecular weight is 231 g/mol. The zero-order valence-corrected chi connectivity index (χ0v) is 9.18. The molecule has 0 aliphatic heterocycles. The summed E-state index contributed by atoms with van der Waals surface area (Å²) in [5, 5.41) is 0.606. The number of hydrogen-bond acceptors (Lipinski definition) is 2. The molecule has 0 atom stereocenters. The van der Waals surface area contributed by atoms with E-state index in [1.54, 1.807) is 24.3 Å². The van der Waals surface area contributed by atoms with Crippen molar-refractivity contribution in [2.45, 2.75) is 5.75 Å². The van der Waals surface area contributed by atoms with E-state index in [4.69, 9.17) is 11.6 Å². The maximum absolute atomic E-state index is 11.4. The first-order chi connectivity index (χ1) is 6.53. The molecule has 0 amide bonds. The molecule has 0 bridgehead atoms. The fraction of sp³-hybridized carbons (Fsp3) is 0.200. The Hall–Kier alpha value is -0.800. The molecular formula is C10H11ClO2S. The minimum Gasteiger partial charge on any atom is -0.228 e. The summed E-state index contributed by atoms with van der Waals surface area (Å²) in [7, 11) is -3.06. The molecule has 0 aliphatic carbocycles. The largest absolute Gasteiger partial charge is 0.228 e. The Bertz CT molecular complexity index is 406. The van der Waals surface area contributed by atoms with Crippen LogP contribution in [0.4, 0.5) is 0 Å². The summed E-state index contributed by atoms with van der Waals surface area (Å²) in [6.07, 6.45) is 1.39. The number of benzene rings is 1. The average Bonchev–Trinajstić information content (AvgIpc) is 2.08. The van der Waals surface area contributed by atoms with Crippen LogP contribution in [0.1, 0.15) is 5.56 Å². The van der Waals surface area contributed by atoms with Crippen LogP contribution in [0.25, 0.3) is 0 Å². The van der Waals surface area contributed by atoms with E-state index < -0.39 is 9.84 Å². The van der Waals surface area contributed by atoms with Crippen LogP contribution < -0.4 is 0 Å². The maximum Gasteiger partial charge on any atom is 0.157 e. The Morgan fingerprint density at radius 1 is 1.29 bits per heavy atom. The van der Waals surface area contributed by atoms with E-state index in [9.17, 15) is 8.42 Å². The Morgan fingerprint density at radius 2 is 1.86 bits per heavy atom. The second-order valence-corrected chi connectivity index (χ2v) is 5.52. The summed E-state index contributed by atoms with van der Waals surface area (Å²) in [4.78, 5) is 0. The van der Waals surface area contributed by atoms with Gasteiger partial charge < -0.3 is 0 Å². The van der Waals surface area contributed by atoms with Crippen molar-refractivity contribution in [3.8, 4) is 0 Å². The molecule has 14 heavy (non-hydrogen) atoms. The zero-order chi connectivity index (χ0) is 10.6. The van der Waals surface area contributed by atoms with Crippen molar-refractivity contribution in [1.82, 2.24) is 0 Å². The SMILES string of the molecule is C=CCS(=O)(=O)Cc1ccc(Cl)cc1. The molecule has 0 aliphatic rings. The molecule has 0 saturated carbocycles. The topological polar surface area (TPSA) is 34.1 Å². The fourth-order valence-electron chi connectivity index (χ4n) is 1.07. The smallest absolute Gasteiger partial charge is 0.157 e. The minimum atomic E-state index is -3.06. The molecule has 0 aromatic heterocycles. The van der Waals surface area contributed by atoms with Crippen LogP contribution in [0.3, 0.4) is 0 Å². The summed E-state index contributed by atoms with van der Waals surface area (Å²) in [6, 6.07) is 6.78. The predicted molar refractivity (Wildman–Crippen MR) is 59.1 cm³/mol. The van der Waals surface area contributed by atoms with Crippen molar-refractivity contribution < 1.29 is 8.42 Å². The van der Waals surface area contributed by atoms with Crippen molar-refractivity contribution in [2.24, 2.45) is 0 Å². The van der Waals surface area contributed by atoms with E-state index in [0.29, 0.717) is 5.02 Å². The van der Waals surface area contributed by atoms with Gasteiger partial charge in [-0.3, -0.25) is 0 Å². The molecule has 0 saturated heterocycles. The van der Waals surface area contributed by atoms with E-state index in [0.717, 1.165) is 5.56 Å². The van der Waals surface area contributed by atoms with Gasteiger partial charge in [0.15, 0.2) is 9.84 Å². The Labute approximate surface area is 89.1 Å². The second kappa shape index (κ2) is 4.62. The first kappa shape index (κ1) is 11.3. The summed E-state index contributed by atoms with van der Waals surface area (Å²) >= 11 is 5.68. The third-order valence-corrected chi connectivity index (χ3v) is 3.44. The molecule has 1 aromatic carbocycles. The van der Waals surface area contributed by atoms with Crippen molar-refractivity contribution >= 4 is 21.4 Å². The first-order valence-corrected chi connectivity index (χ1v) is 6.29. The molecule has 0 heterocycles. The normalized spacial score (nSPS) is 11.2. The monoisotopic (exact) mass is 230 g/mol. The number of rotatable bonds is 4. The minimum absolute atomic E-state index is 0.00955. The molecular weight excluding hydrogens is 220 g/mol. The Balaban J connectivity index is 2.79. The lowest BCUT2D eigenvalue weighted by Gasteiger charge is -2.01. The predicted octanol–water partition coefficient (Wildman–Crippen LogP) is 2.44. The molecule has 76 valence electrons. The zero-order valence-electron chi connectivity index (χ0n) is 7.61. The highest BCUT2D eigenvalue weighted by Gasteiger charge is 2.09. The van der Waals surface area contributed by atoms with Crippen LogP contribution in [0.5, 0.6) is 0 Å². The lowest BCUT2D eigenvalue weighted by molar-refractivity contribution is 0.598. The molecule has 4 heteroatoms. The Morgan fingerprint density at radius 3 is 2.36 bits per heavy atom. The van der Waals surface area contributed by atoms with Gasteiger partial charge >= 0.3 is 0 Å². The van der Waals surface area contributed by atoms with Gasteiger partial charge in [-0.15, -0.1) is 6.58 Å². The van der Waals surface area contributed by atoms with Gasteiger partial charge in [-0.05, 0) is 17.7 Å². The first-order valence-electron chi connectivity index (χ1n) is 4.09. The summed E-state index contributed by atoms with van der Waals surface area (Å²) in [5.41, 5.74) is 0.747. The van der Waals surface area contributed by atoms with E-state index >= 15 is 0 Å². The van der Waals surface area contributed by atoms with Crippen LogP contribution in [0, 0.1) is 0 Å². The highest BCUT2D eigenvalue weighted by Crippen LogP contribution is 2.12. The van der Waals surface area contributed by atoms with Crippen molar-refractivity contribution in [3.05, 3.63) is 47.5 Å². The van der Waals surface area contributed by atoms with E-state index in [1.807, 2.05) is 0 Å². The molecule has 1 rings (SSSR count). The van der Waals surface area contributed by atoms with Crippen molar-refractivity contribution in [3.63, 3.8) is 0 Å². The van der Waals surface area contributed by atoms with Gasteiger partial charge in [-0.2, -0.15) is 0 Å². The molecule has 0 radical (unpaired) electrons. The fourth-order valence-corrected chi connectivity index (χ4v) is 2.38. The van der Waals surface area contributed by atoms with Crippen LogP contribution in [0.2, 0.25) is 5.02 Å². The summed E-state index contributed by atoms with van der Waals surface area (Å²) < 4.78 is 22.8. The van der Waals surface area contributed by atoms with E-state index in [1.165, 1.54) is 6.08 Å². The van der Waals surface area contributed by atoms with E-state index in [2.05, 4.69) is 6.58 Å². The molecule has 2 nitrogen and oxygen atoms in total. The van der Waals surface area contributed by atoms with Crippen LogP contribution >= 0.6 is 11.6 Å². The Kier molecular flexibility index (Phi) is 3.72. The molecule has 0 spiro atoms. The highest BCUT2D eigenvalue weighted by molar-refractivity contribution is 7.90. The summed E-state index contributed by atoms with van der Waals surface area (Å²) in [6.45, 7) is 3.40. The van der Waals surface area contributed by atoms with E-state index in [-0.39, 0.29) is 11.5 Å². The van der Waals surface area contributed by atoms with Gasteiger partial charge in [0, 0.05) is 5.02 Å². The van der Waals surface area contributed by atoms with Gasteiger partial charge in [0.05, 0.1) is 11.5 Å². The molecule has 1 aromatic rings. The van der Waals surface area contributed by atoms with Gasteiger partial charge in [-0.1, -0.05) is 29.8 Å². The highest BCUT2D eigenvalue weighted by atomic mass is 35.5. The van der Waals surface area contributed by atoms with Gasteiger partial charge in [0.2, 0.25) is 0 Å². The maximum atomic E-state index is 11.4. The number of hydrogen-bond donors (Lipinski definition) is 0. The summed E-state index contributed by atoms with van der Waals surface area (Å²) in [5.74, 6) is 0.0474. The lowest BCUT2D eigenvalue weighted by atomic mass is 10.2. The third-order valence-electron chi connectivity index (χ3n) is 1.67. The molecule has 0 unspecified atom stereocenters. The van der Waals surface area contributed by atoms with Gasteiger partial charge in [0.1, 0.15) is 0 Å². The van der Waals surface area contributed by atoms with Gasteiger partial charge in [0.25, 0.3) is 0 Å². The van der Waals surface area contributed by atoms with Crippen LogP contribution in [0.15, 0.2) is 36.9 Å². The van der Waals surface area contributed by atoms with Crippen molar-refractivity contribution in [1.29, 1.82) is 0 Å². The lowest BCUT2D eigenvalue weighted by Crippen LogP contribution is -2.06. The van der Waals surface area contributed by atoms with Crippen LogP contribution in [-0.4, -0.2) is 14.2 Å². The number of halogens is 1. The molecule has 0 N–H and O–H groups in total. The standard InChI is InChI=1S/C10H11ClO2S/c1-2-7-14(12,13)8-9-3-5-10(11)6-4-9/h2-6H,1,7-8H2. The molecule has 0 fully saturated rings. The van der Waals surface area contributed by atoms with Crippen LogP contribution in [-0.2, 0) is 15.6 Å². The number of sulfone groups is 1. The van der Waals surface area contributed by atoms with Crippen molar-refractivity contribution in [2.75, 3.05) is 5.75 Å². The quantitative estimate of drug-likeness (QED) is 0.745. The third kappa shape index (κ3) is 3.52. The second-order valence-electron chi connectivity index (χ2n) is 2.97.